The van der Waals surface area contributed by atoms with E-state index < -0.39 is 11.7 Å². The summed E-state index contributed by atoms with van der Waals surface area (Å²) >= 11 is 12.1. The van der Waals surface area contributed by atoms with Crippen molar-refractivity contribution in [1.29, 1.82) is 0 Å². The second-order valence-corrected chi connectivity index (χ2v) is 6.50. The number of carboxylic acid groups (broad SMARTS) is 1. The predicted molar refractivity (Wildman–Crippen MR) is 105 cm³/mol. The maximum atomic E-state index is 12.5. The van der Waals surface area contributed by atoms with Gasteiger partial charge in [0.05, 0.1) is 28.3 Å². The Balaban J connectivity index is 1.68. The molecule has 146 valence electrons. The third-order valence-electron chi connectivity index (χ3n) is 3.79. The third-order valence-corrected chi connectivity index (χ3v) is 4.59. The molecular weight excluding hydrogens is 423 g/mol. The summed E-state index contributed by atoms with van der Waals surface area (Å²) in [5.41, 5.74) is -0.0617. The topological polar surface area (TPSA) is 119 Å². The summed E-state index contributed by atoms with van der Waals surface area (Å²) in [7, 11) is 0. The summed E-state index contributed by atoms with van der Waals surface area (Å²) in [6.45, 7) is 0. The van der Waals surface area contributed by atoms with E-state index in [9.17, 15) is 9.59 Å². The molecule has 0 unspecified atom stereocenters. The van der Waals surface area contributed by atoms with Gasteiger partial charge in [-0.05, 0) is 30.3 Å². The van der Waals surface area contributed by atoms with Gasteiger partial charge < -0.3 is 14.6 Å². The van der Waals surface area contributed by atoms with E-state index in [1.54, 1.807) is 30.3 Å². The van der Waals surface area contributed by atoms with E-state index >= 15 is 0 Å². The monoisotopic (exact) mass is 432 g/mol. The highest BCUT2D eigenvalue weighted by Gasteiger charge is 2.12. The molecule has 0 bridgehead atoms. The van der Waals surface area contributed by atoms with E-state index in [0.717, 1.165) is 0 Å². The van der Waals surface area contributed by atoms with Crippen molar-refractivity contribution in [2.24, 2.45) is 0 Å². The Bertz CT molecular complexity index is 1300. The smallest absolute Gasteiger partial charge is 0.456 e. The molecule has 0 aliphatic carbocycles. The van der Waals surface area contributed by atoms with Crippen LogP contribution in [0.4, 0.5) is 4.79 Å². The van der Waals surface area contributed by atoms with Crippen molar-refractivity contribution < 1.29 is 19.4 Å². The predicted octanol–water partition coefficient (Wildman–Crippen LogP) is 4.26. The molecule has 0 saturated heterocycles. The molecule has 2 aromatic heterocycles. The van der Waals surface area contributed by atoms with Crippen molar-refractivity contribution in [2.75, 3.05) is 0 Å². The third kappa shape index (κ3) is 3.86. The Morgan fingerprint density at radius 2 is 2.00 bits per heavy atom. The number of benzene rings is 2. The Hall–Kier alpha value is -3.56. The fourth-order valence-electron chi connectivity index (χ4n) is 2.54. The molecule has 2 heterocycles. The van der Waals surface area contributed by atoms with Crippen molar-refractivity contribution >= 4 is 40.3 Å². The van der Waals surface area contributed by atoms with Gasteiger partial charge in [-0.15, -0.1) is 0 Å². The molecule has 9 nitrogen and oxygen atoms in total. The number of hydrogen-bond acceptors (Lipinski definition) is 6. The summed E-state index contributed by atoms with van der Waals surface area (Å²) in [6, 6.07) is 9.72. The van der Waals surface area contributed by atoms with Crippen LogP contribution in [0.1, 0.15) is 0 Å². The van der Waals surface area contributed by atoms with E-state index in [-0.39, 0.29) is 22.1 Å². The van der Waals surface area contributed by atoms with Gasteiger partial charge in [0.15, 0.2) is 5.75 Å². The lowest BCUT2D eigenvalue weighted by Crippen LogP contribution is -2.13. The normalized spacial score (nSPS) is 10.8. The van der Waals surface area contributed by atoms with E-state index in [0.29, 0.717) is 22.0 Å². The number of fused-ring (bicyclic) bond motifs is 1. The molecule has 0 aliphatic heterocycles. The fraction of sp³-hybridized carbons (Fsp3) is 0. The van der Waals surface area contributed by atoms with Crippen LogP contribution in [0.15, 0.2) is 53.6 Å². The van der Waals surface area contributed by atoms with Gasteiger partial charge in [-0.25, -0.2) is 14.5 Å². The van der Waals surface area contributed by atoms with Crippen LogP contribution in [0.5, 0.6) is 17.2 Å². The van der Waals surface area contributed by atoms with E-state index in [4.69, 9.17) is 33.0 Å². The van der Waals surface area contributed by atoms with Gasteiger partial charge >= 0.3 is 6.16 Å². The van der Waals surface area contributed by atoms with Crippen LogP contribution in [-0.4, -0.2) is 31.0 Å². The highest BCUT2D eigenvalue weighted by Crippen LogP contribution is 2.35. The zero-order valence-corrected chi connectivity index (χ0v) is 15.8. The van der Waals surface area contributed by atoms with Gasteiger partial charge in [0, 0.05) is 0 Å². The SMILES string of the molecule is O=C(O)Oc1cnn(-c2nc3ccc(Oc4cccc(Cl)c4Cl)cc3c(=O)[nH]2)c1. The van der Waals surface area contributed by atoms with Crippen LogP contribution in [0.25, 0.3) is 16.9 Å². The Kier molecular flexibility index (Phi) is 4.83. The average molecular weight is 433 g/mol. The molecule has 2 N–H and O–H groups in total. The molecule has 0 fully saturated rings. The first-order valence-electron chi connectivity index (χ1n) is 8.02. The lowest BCUT2D eigenvalue weighted by molar-refractivity contribution is 0.144. The van der Waals surface area contributed by atoms with Crippen LogP contribution < -0.4 is 15.0 Å². The van der Waals surface area contributed by atoms with Crippen molar-refractivity contribution in [3.63, 3.8) is 0 Å². The second-order valence-electron chi connectivity index (χ2n) is 5.71. The summed E-state index contributed by atoms with van der Waals surface area (Å²) in [5.74, 6) is 0.802. The molecule has 11 heteroatoms. The molecule has 2 aromatic carbocycles. The number of nitrogens with zero attached hydrogens (tertiary/aromatic N) is 3. The Morgan fingerprint density at radius 1 is 1.17 bits per heavy atom. The first-order chi connectivity index (χ1) is 13.9. The van der Waals surface area contributed by atoms with Gasteiger partial charge in [-0.2, -0.15) is 5.10 Å². The minimum Gasteiger partial charge on any atom is -0.456 e. The van der Waals surface area contributed by atoms with E-state index in [1.807, 2.05) is 0 Å². The number of rotatable bonds is 4. The molecule has 29 heavy (non-hydrogen) atoms. The zero-order valence-electron chi connectivity index (χ0n) is 14.3. The lowest BCUT2D eigenvalue weighted by Gasteiger charge is -2.09. The Labute approximate surface area is 172 Å². The Morgan fingerprint density at radius 3 is 2.79 bits per heavy atom. The van der Waals surface area contributed by atoms with Crippen LogP contribution in [-0.2, 0) is 0 Å². The van der Waals surface area contributed by atoms with Gasteiger partial charge in [0.1, 0.15) is 16.5 Å². The molecule has 0 spiro atoms. The molecule has 0 amide bonds. The number of aromatic amines is 1. The summed E-state index contributed by atoms with van der Waals surface area (Å²) in [6.07, 6.45) is 0.984. The lowest BCUT2D eigenvalue weighted by atomic mass is 10.2. The fourth-order valence-corrected chi connectivity index (χ4v) is 2.87. The number of aromatic nitrogens is 4. The van der Waals surface area contributed by atoms with Gasteiger partial charge in [-0.3, -0.25) is 9.78 Å². The molecular formula is C18H10Cl2N4O5. The highest BCUT2D eigenvalue weighted by molar-refractivity contribution is 6.42. The zero-order chi connectivity index (χ0) is 20.5. The van der Waals surface area contributed by atoms with Crippen LogP contribution >= 0.6 is 23.2 Å². The standard InChI is InChI=1S/C18H10Cl2N4O5/c19-12-2-1-3-14(15(12)20)28-9-4-5-13-11(6-9)16(25)23-17(22-13)24-8-10(7-21-24)29-18(26)27/h1-8H,(H,26,27)(H,22,23,25). The quantitative estimate of drug-likeness (QED) is 0.462. The van der Waals surface area contributed by atoms with Crippen LogP contribution in [0.3, 0.4) is 0 Å². The number of carbonyl (C=O) groups is 1. The maximum Gasteiger partial charge on any atom is 0.511 e. The van der Waals surface area contributed by atoms with E-state index in [1.165, 1.54) is 23.1 Å². The summed E-state index contributed by atoms with van der Waals surface area (Å²) < 4.78 is 11.4. The number of nitrogens with one attached hydrogen (secondary N) is 1. The van der Waals surface area contributed by atoms with Crippen LogP contribution in [0.2, 0.25) is 10.0 Å². The van der Waals surface area contributed by atoms with Crippen LogP contribution in [0, 0.1) is 0 Å². The van der Waals surface area contributed by atoms with Crippen molar-refractivity contribution in [2.45, 2.75) is 0 Å². The number of ether oxygens (including phenoxy) is 2. The molecule has 0 radical (unpaired) electrons. The average Bonchev–Trinajstić information content (AvgIpc) is 3.13. The van der Waals surface area contributed by atoms with Crippen molar-refractivity contribution in [1.82, 2.24) is 19.7 Å². The minimum atomic E-state index is -1.48. The molecule has 0 atom stereocenters. The molecule has 4 aromatic rings. The summed E-state index contributed by atoms with van der Waals surface area (Å²) in [4.78, 5) is 30.0. The minimum absolute atomic E-state index is 0.0117. The summed E-state index contributed by atoms with van der Waals surface area (Å²) in [5, 5.41) is 13.4. The molecule has 4 rings (SSSR count). The van der Waals surface area contributed by atoms with Crippen molar-refractivity contribution in [3.05, 3.63) is 69.2 Å². The van der Waals surface area contributed by atoms with E-state index in [2.05, 4.69) is 19.8 Å². The van der Waals surface area contributed by atoms with Crippen molar-refractivity contribution in [3.8, 4) is 23.2 Å². The first-order valence-corrected chi connectivity index (χ1v) is 8.78. The molecule has 0 saturated carbocycles. The number of halogens is 2. The van der Waals surface area contributed by atoms with Gasteiger partial charge in [0.25, 0.3) is 5.56 Å². The second kappa shape index (κ2) is 7.46. The molecule has 0 aliphatic rings. The number of H-pyrrole nitrogens is 1. The van der Waals surface area contributed by atoms with Gasteiger partial charge in [0.2, 0.25) is 5.95 Å². The number of hydrogen-bond donors (Lipinski definition) is 2. The highest BCUT2D eigenvalue weighted by atomic mass is 35.5. The largest absolute Gasteiger partial charge is 0.511 e. The van der Waals surface area contributed by atoms with Gasteiger partial charge in [-0.1, -0.05) is 29.3 Å². The first kappa shape index (κ1) is 18.8. The maximum absolute atomic E-state index is 12.5.